The van der Waals surface area contributed by atoms with Gasteiger partial charge in [0.15, 0.2) is 6.10 Å². The molecule has 77 heavy (non-hydrogen) atoms. The van der Waals surface area contributed by atoms with Crippen molar-refractivity contribution in [2.75, 3.05) is 13.2 Å². The molecule has 0 aliphatic heterocycles. The lowest BCUT2D eigenvalue weighted by Gasteiger charge is -2.18. The zero-order chi connectivity index (χ0) is 55.7. The van der Waals surface area contributed by atoms with E-state index in [9.17, 15) is 14.4 Å². The summed E-state index contributed by atoms with van der Waals surface area (Å²) in [4.78, 5) is 38.2. The van der Waals surface area contributed by atoms with Crippen LogP contribution in [0.1, 0.15) is 367 Å². The Bertz CT molecular complexity index is 1330. The van der Waals surface area contributed by atoms with Gasteiger partial charge in [-0.05, 0) is 77.0 Å². The molecule has 0 aliphatic carbocycles. The highest BCUT2D eigenvalue weighted by Gasteiger charge is 2.19. The van der Waals surface area contributed by atoms with Crippen molar-refractivity contribution in [1.29, 1.82) is 0 Å². The van der Waals surface area contributed by atoms with Gasteiger partial charge in [-0.1, -0.05) is 320 Å². The fourth-order valence-corrected chi connectivity index (χ4v) is 10.2. The summed E-state index contributed by atoms with van der Waals surface area (Å²) in [7, 11) is 0. The first kappa shape index (κ1) is 74.4. The van der Waals surface area contributed by atoms with Crippen LogP contribution in [0.15, 0.2) is 48.6 Å². The van der Waals surface area contributed by atoms with Crippen molar-refractivity contribution < 1.29 is 28.6 Å². The molecule has 0 saturated carbocycles. The first-order valence-corrected chi connectivity index (χ1v) is 34.1. The summed E-state index contributed by atoms with van der Waals surface area (Å²) in [5, 5.41) is 0. The van der Waals surface area contributed by atoms with Gasteiger partial charge >= 0.3 is 17.9 Å². The van der Waals surface area contributed by atoms with Gasteiger partial charge in [-0.25, -0.2) is 0 Å². The number of allylic oxidation sites excluding steroid dienone is 8. The molecule has 0 fully saturated rings. The van der Waals surface area contributed by atoms with Crippen molar-refractivity contribution >= 4 is 17.9 Å². The summed E-state index contributed by atoms with van der Waals surface area (Å²) in [6.45, 7) is 6.55. The molecule has 0 aromatic rings. The Morgan fingerprint density at radius 2 is 0.506 bits per heavy atom. The summed E-state index contributed by atoms with van der Waals surface area (Å²) in [5.41, 5.74) is 0. The van der Waals surface area contributed by atoms with Gasteiger partial charge in [-0.3, -0.25) is 14.4 Å². The van der Waals surface area contributed by atoms with Gasteiger partial charge in [0, 0.05) is 19.3 Å². The smallest absolute Gasteiger partial charge is 0.306 e. The summed E-state index contributed by atoms with van der Waals surface area (Å²) < 4.78 is 16.9. The number of esters is 3. The summed E-state index contributed by atoms with van der Waals surface area (Å²) in [6, 6.07) is 0. The molecule has 0 N–H and O–H groups in total. The Labute approximate surface area is 479 Å². The maximum Gasteiger partial charge on any atom is 0.306 e. The van der Waals surface area contributed by atoms with E-state index in [0.29, 0.717) is 19.3 Å². The van der Waals surface area contributed by atoms with E-state index in [2.05, 4.69) is 69.4 Å². The van der Waals surface area contributed by atoms with Crippen LogP contribution >= 0.6 is 0 Å². The number of rotatable bonds is 63. The molecule has 1 unspecified atom stereocenters. The maximum absolute atomic E-state index is 12.9. The van der Waals surface area contributed by atoms with Crippen LogP contribution in [0.4, 0.5) is 0 Å². The maximum atomic E-state index is 12.9. The van der Waals surface area contributed by atoms with Crippen LogP contribution in [-0.4, -0.2) is 37.2 Å². The Balaban J connectivity index is 4.02. The molecule has 0 saturated heterocycles. The van der Waals surface area contributed by atoms with Gasteiger partial charge in [0.25, 0.3) is 0 Å². The third kappa shape index (κ3) is 64.1. The van der Waals surface area contributed by atoms with E-state index in [-0.39, 0.29) is 31.1 Å². The lowest BCUT2D eigenvalue weighted by molar-refractivity contribution is -0.167. The first-order valence-electron chi connectivity index (χ1n) is 34.1. The molecular formula is C71H130O6. The Hall–Kier alpha value is -2.63. The van der Waals surface area contributed by atoms with E-state index in [0.717, 1.165) is 83.5 Å². The molecule has 0 aromatic carbocycles. The predicted octanol–water partition coefficient (Wildman–Crippen LogP) is 23.3. The number of unbranched alkanes of at least 4 members (excludes halogenated alkanes) is 44. The summed E-state index contributed by atoms with van der Waals surface area (Å²) in [6.07, 6.45) is 83.1. The fourth-order valence-electron chi connectivity index (χ4n) is 10.2. The SMILES string of the molecule is CC/C=C\C/C=C\C/C=C\CCCCCCCCCC(=O)OC(COC(=O)CCCCCCCCCCC)COC(=O)CCCCCCCCCCCCCCCCCCCCCCC/C=C\CCCCCCCCCC. The van der Waals surface area contributed by atoms with E-state index in [4.69, 9.17) is 14.2 Å². The standard InChI is InChI=1S/C71H130O6/c1-4-7-10-13-16-19-21-23-25-27-28-29-30-31-32-33-34-35-36-37-38-39-40-41-42-44-45-47-49-52-55-58-61-64-70(73)76-67-68(66-75-69(72)63-60-57-54-51-18-15-12-9-6-3)77-71(74)65-62-59-56-53-50-48-46-43-26-24-22-20-17-14-11-8-5-2/h8,11,17,20,24,26-28,68H,4-7,9-10,12-16,18-19,21-23,25,29-67H2,1-3H3/b11-8-,20-17-,26-24-,28-27-. The third-order valence-electron chi connectivity index (χ3n) is 15.3. The third-order valence-corrected chi connectivity index (χ3v) is 15.3. The molecular weight excluding hydrogens is 949 g/mol. The highest BCUT2D eigenvalue weighted by Crippen LogP contribution is 2.18. The predicted molar refractivity (Wildman–Crippen MR) is 335 cm³/mol. The zero-order valence-electron chi connectivity index (χ0n) is 51.7. The molecule has 6 nitrogen and oxygen atoms in total. The van der Waals surface area contributed by atoms with Crippen molar-refractivity contribution in [1.82, 2.24) is 0 Å². The van der Waals surface area contributed by atoms with Crippen molar-refractivity contribution in [3.05, 3.63) is 48.6 Å². The normalized spacial score (nSPS) is 12.3. The lowest BCUT2D eigenvalue weighted by Crippen LogP contribution is -2.30. The minimum absolute atomic E-state index is 0.0727. The van der Waals surface area contributed by atoms with Gasteiger partial charge in [-0.2, -0.15) is 0 Å². The first-order chi connectivity index (χ1) is 38.0. The van der Waals surface area contributed by atoms with Crippen LogP contribution in [0.2, 0.25) is 0 Å². The van der Waals surface area contributed by atoms with Gasteiger partial charge in [0.1, 0.15) is 13.2 Å². The van der Waals surface area contributed by atoms with E-state index < -0.39 is 6.10 Å². The topological polar surface area (TPSA) is 78.9 Å². The minimum Gasteiger partial charge on any atom is -0.462 e. The van der Waals surface area contributed by atoms with E-state index in [1.165, 1.54) is 244 Å². The number of ether oxygens (including phenoxy) is 3. The highest BCUT2D eigenvalue weighted by molar-refractivity contribution is 5.71. The molecule has 0 bridgehead atoms. The van der Waals surface area contributed by atoms with Crippen LogP contribution in [0.5, 0.6) is 0 Å². The summed E-state index contributed by atoms with van der Waals surface area (Å²) in [5.74, 6) is -0.865. The Kier molecular flexibility index (Phi) is 63.6. The second kappa shape index (κ2) is 65.9. The average molecular weight is 1080 g/mol. The van der Waals surface area contributed by atoms with E-state index in [1.807, 2.05) is 0 Å². The monoisotopic (exact) mass is 1080 g/mol. The molecule has 6 heteroatoms. The average Bonchev–Trinajstić information content (AvgIpc) is 3.43. The Morgan fingerprint density at radius 1 is 0.273 bits per heavy atom. The Morgan fingerprint density at radius 3 is 0.805 bits per heavy atom. The van der Waals surface area contributed by atoms with Crippen LogP contribution in [0.25, 0.3) is 0 Å². The number of carbonyl (C=O) groups is 3. The van der Waals surface area contributed by atoms with Crippen LogP contribution in [0, 0.1) is 0 Å². The summed E-state index contributed by atoms with van der Waals surface area (Å²) >= 11 is 0. The minimum atomic E-state index is -0.775. The van der Waals surface area contributed by atoms with Crippen molar-refractivity contribution in [3.63, 3.8) is 0 Å². The largest absolute Gasteiger partial charge is 0.462 e. The van der Waals surface area contributed by atoms with Gasteiger partial charge in [-0.15, -0.1) is 0 Å². The van der Waals surface area contributed by atoms with Crippen LogP contribution in [-0.2, 0) is 28.6 Å². The van der Waals surface area contributed by atoms with E-state index in [1.54, 1.807) is 0 Å². The molecule has 450 valence electrons. The lowest BCUT2D eigenvalue weighted by atomic mass is 10.0. The molecule has 0 rings (SSSR count). The zero-order valence-corrected chi connectivity index (χ0v) is 51.7. The molecule has 0 spiro atoms. The van der Waals surface area contributed by atoms with Crippen LogP contribution in [0.3, 0.4) is 0 Å². The second-order valence-corrected chi connectivity index (χ2v) is 23.1. The van der Waals surface area contributed by atoms with Crippen molar-refractivity contribution in [3.8, 4) is 0 Å². The van der Waals surface area contributed by atoms with Gasteiger partial charge < -0.3 is 14.2 Å². The van der Waals surface area contributed by atoms with Gasteiger partial charge in [0.05, 0.1) is 0 Å². The van der Waals surface area contributed by atoms with Crippen LogP contribution < -0.4 is 0 Å². The molecule has 0 amide bonds. The quantitative estimate of drug-likeness (QED) is 0.0261. The number of carbonyl (C=O) groups excluding carboxylic acids is 3. The highest BCUT2D eigenvalue weighted by atomic mass is 16.6. The van der Waals surface area contributed by atoms with Crippen molar-refractivity contribution in [2.24, 2.45) is 0 Å². The second-order valence-electron chi connectivity index (χ2n) is 23.1. The molecule has 1 atom stereocenters. The molecule has 0 aliphatic rings. The number of hydrogen-bond acceptors (Lipinski definition) is 6. The van der Waals surface area contributed by atoms with E-state index >= 15 is 0 Å². The van der Waals surface area contributed by atoms with Gasteiger partial charge in [0.2, 0.25) is 0 Å². The fraction of sp³-hybridized carbons (Fsp3) is 0.845. The molecule has 0 radical (unpaired) electrons. The number of hydrogen-bond donors (Lipinski definition) is 0. The molecule has 0 aromatic heterocycles. The molecule has 0 heterocycles. The van der Waals surface area contributed by atoms with Crippen molar-refractivity contribution in [2.45, 2.75) is 374 Å².